The zero-order valence-electron chi connectivity index (χ0n) is 10.3. The van der Waals surface area contributed by atoms with Crippen molar-refractivity contribution >= 4 is 0 Å². The minimum atomic E-state index is -2.44. The van der Waals surface area contributed by atoms with Crippen LogP contribution in [0, 0.1) is 11.8 Å². The highest BCUT2D eigenvalue weighted by molar-refractivity contribution is 4.86. The van der Waals surface area contributed by atoms with Gasteiger partial charge in [0, 0.05) is 18.9 Å². The zero-order valence-corrected chi connectivity index (χ0v) is 10.3. The molecule has 0 spiro atoms. The predicted molar refractivity (Wildman–Crippen MR) is 62.1 cm³/mol. The van der Waals surface area contributed by atoms with Crippen LogP contribution in [0.5, 0.6) is 0 Å². The lowest BCUT2D eigenvalue weighted by Gasteiger charge is -2.37. The van der Waals surface area contributed by atoms with Crippen LogP contribution >= 0.6 is 0 Å². The molecule has 4 heteroatoms. The Morgan fingerprint density at radius 1 is 1.25 bits per heavy atom. The van der Waals surface area contributed by atoms with E-state index in [1.54, 1.807) is 0 Å². The molecule has 1 unspecified atom stereocenters. The first-order valence-corrected chi connectivity index (χ1v) is 6.38. The van der Waals surface area contributed by atoms with Crippen molar-refractivity contribution < 1.29 is 8.78 Å². The predicted octanol–water partition coefficient (Wildman–Crippen LogP) is 3.08. The molecule has 0 saturated heterocycles. The van der Waals surface area contributed by atoms with Crippen molar-refractivity contribution in [2.24, 2.45) is 17.7 Å². The molecule has 2 nitrogen and oxygen atoms in total. The topological polar surface area (TPSA) is 38.0 Å². The van der Waals surface area contributed by atoms with Crippen molar-refractivity contribution in [3.63, 3.8) is 0 Å². The van der Waals surface area contributed by atoms with E-state index in [2.05, 4.69) is 19.3 Å². The van der Waals surface area contributed by atoms with Gasteiger partial charge in [0.15, 0.2) is 0 Å². The summed E-state index contributed by atoms with van der Waals surface area (Å²) < 4.78 is 26.1. The summed E-state index contributed by atoms with van der Waals surface area (Å²) in [4.78, 5) is 0. The second kappa shape index (κ2) is 5.92. The molecule has 1 atom stereocenters. The van der Waals surface area contributed by atoms with Gasteiger partial charge in [0.2, 0.25) is 5.92 Å². The minimum absolute atomic E-state index is 0.0238. The first-order valence-electron chi connectivity index (χ1n) is 6.38. The van der Waals surface area contributed by atoms with E-state index in [9.17, 15) is 8.78 Å². The van der Waals surface area contributed by atoms with Crippen molar-refractivity contribution in [2.45, 2.75) is 64.3 Å². The normalized spacial score (nSPS) is 23.6. The maximum absolute atomic E-state index is 13.1. The summed E-state index contributed by atoms with van der Waals surface area (Å²) in [6.07, 6.45) is 3.35. The average molecular weight is 234 g/mol. The smallest absolute Gasteiger partial charge is 0.248 e. The lowest BCUT2D eigenvalue weighted by Crippen LogP contribution is -2.47. The highest BCUT2D eigenvalue weighted by Gasteiger charge is 2.38. The van der Waals surface area contributed by atoms with Gasteiger partial charge in [0.05, 0.1) is 0 Å². The molecule has 1 fully saturated rings. The number of hydrogen-bond acceptors (Lipinski definition) is 2. The molecule has 0 aromatic heterocycles. The Hall–Kier alpha value is -0.220. The van der Waals surface area contributed by atoms with E-state index in [1.807, 2.05) is 0 Å². The van der Waals surface area contributed by atoms with Gasteiger partial charge in [0.1, 0.15) is 0 Å². The van der Waals surface area contributed by atoms with Crippen LogP contribution in [-0.2, 0) is 0 Å². The fourth-order valence-corrected chi connectivity index (χ4v) is 2.88. The summed E-state index contributed by atoms with van der Waals surface area (Å²) in [6, 6.07) is 0.200. The van der Waals surface area contributed by atoms with Crippen molar-refractivity contribution in [3.8, 4) is 0 Å². The molecule has 0 heterocycles. The van der Waals surface area contributed by atoms with Gasteiger partial charge in [-0.25, -0.2) is 8.78 Å². The van der Waals surface area contributed by atoms with Crippen LogP contribution in [0.4, 0.5) is 8.78 Å². The van der Waals surface area contributed by atoms with Gasteiger partial charge in [-0.2, -0.15) is 0 Å². The Labute approximate surface area is 96.9 Å². The van der Waals surface area contributed by atoms with E-state index in [4.69, 9.17) is 5.84 Å². The molecule has 0 aromatic rings. The summed E-state index contributed by atoms with van der Waals surface area (Å²) in [5.74, 6) is 3.96. The van der Waals surface area contributed by atoms with E-state index in [0.717, 1.165) is 12.8 Å². The summed E-state index contributed by atoms with van der Waals surface area (Å²) in [7, 11) is 0. The van der Waals surface area contributed by atoms with Crippen LogP contribution < -0.4 is 11.3 Å². The van der Waals surface area contributed by atoms with Crippen molar-refractivity contribution in [1.82, 2.24) is 5.43 Å². The van der Waals surface area contributed by atoms with Crippen LogP contribution in [0.15, 0.2) is 0 Å². The molecular weight excluding hydrogens is 210 g/mol. The number of hydrogen-bond donors (Lipinski definition) is 2. The third-order valence-electron chi connectivity index (χ3n) is 4.02. The molecule has 1 aliphatic rings. The molecule has 1 aliphatic carbocycles. The number of nitrogens with one attached hydrogen (secondary N) is 1. The molecule has 3 N–H and O–H groups in total. The number of nitrogens with two attached hydrogens (primary N) is 1. The Bertz CT molecular complexity index is 195. The SMILES string of the molecule is CCC(CC)C(NN)C1CCC(F)(F)CC1. The molecule has 0 amide bonds. The van der Waals surface area contributed by atoms with Crippen molar-refractivity contribution in [1.29, 1.82) is 0 Å². The fraction of sp³-hybridized carbons (Fsp3) is 1.00. The molecule has 1 rings (SSSR count). The largest absolute Gasteiger partial charge is 0.271 e. The van der Waals surface area contributed by atoms with Crippen LogP contribution in [-0.4, -0.2) is 12.0 Å². The first kappa shape index (κ1) is 13.8. The van der Waals surface area contributed by atoms with E-state index >= 15 is 0 Å². The van der Waals surface area contributed by atoms with Gasteiger partial charge in [-0.1, -0.05) is 26.7 Å². The maximum Gasteiger partial charge on any atom is 0.248 e. The second-order valence-corrected chi connectivity index (χ2v) is 4.96. The molecule has 0 aromatic carbocycles. The molecule has 16 heavy (non-hydrogen) atoms. The highest BCUT2D eigenvalue weighted by atomic mass is 19.3. The Morgan fingerprint density at radius 2 is 1.75 bits per heavy atom. The maximum atomic E-state index is 13.1. The molecule has 0 aliphatic heterocycles. The van der Waals surface area contributed by atoms with Crippen LogP contribution in [0.25, 0.3) is 0 Å². The van der Waals surface area contributed by atoms with Gasteiger partial charge in [0.25, 0.3) is 0 Å². The van der Waals surface area contributed by atoms with Crippen LogP contribution in [0.1, 0.15) is 52.4 Å². The zero-order chi connectivity index (χ0) is 12.2. The van der Waals surface area contributed by atoms with E-state index in [1.165, 1.54) is 0 Å². The minimum Gasteiger partial charge on any atom is -0.271 e. The number of rotatable bonds is 5. The lowest BCUT2D eigenvalue weighted by atomic mass is 9.76. The molecule has 96 valence electrons. The summed E-state index contributed by atoms with van der Waals surface area (Å²) in [6.45, 7) is 4.27. The van der Waals surface area contributed by atoms with Crippen molar-refractivity contribution in [2.75, 3.05) is 0 Å². The number of halogens is 2. The van der Waals surface area contributed by atoms with Gasteiger partial charge in [-0.05, 0) is 24.7 Å². The number of hydrazine groups is 1. The summed E-state index contributed by atoms with van der Waals surface area (Å²) in [5, 5.41) is 0. The number of alkyl halides is 2. The van der Waals surface area contributed by atoms with E-state index < -0.39 is 5.92 Å². The third-order valence-corrected chi connectivity index (χ3v) is 4.02. The standard InChI is InChI=1S/C12H24F2N2/c1-3-9(4-2)11(16-15)10-5-7-12(13,14)8-6-10/h9-11,16H,3-8,15H2,1-2H3. The molecule has 0 radical (unpaired) electrons. The Morgan fingerprint density at radius 3 is 2.12 bits per heavy atom. The van der Waals surface area contributed by atoms with Gasteiger partial charge in [-0.3, -0.25) is 11.3 Å². The molecule has 0 bridgehead atoms. The van der Waals surface area contributed by atoms with Gasteiger partial charge in [-0.15, -0.1) is 0 Å². The monoisotopic (exact) mass is 234 g/mol. The Balaban J connectivity index is 2.55. The second-order valence-electron chi connectivity index (χ2n) is 4.96. The summed E-state index contributed by atoms with van der Waals surface area (Å²) >= 11 is 0. The fourth-order valence-electron chi connectivity index (χ4n) is 2.88. The van der Waals surface area contributed by atoms with E-state index in [0.29, 0.717) is 24.7 Å². The highest BCUT2D eigenvalue weighted by Crippen LogP contribution is 2.39. The van der Waals surface area contributed by atoms with E-state index in [-0.39, 0.29) is 18.9 Å². The van der Waals surface area contributed by atoms with Gasteiger partial charge < -0.3 is 0 Å². The van der Waals surface area contributed by atoms with Crippen LogP contribution in [0.2, 0.25) is 0 Å². The molecular formula is C12H24F2N2. The quantitative estimate of drug-likeness (QED) is 0.566. The average Bonchev–Trinajstić information content (AvgIpc) is 2.26. The first-order chi connectivity index (χ1) is 7.54. The molecule has 1 saturated carbocycles. The summed E-state index contributed by atoms with van der Waals surface area (Å²) in [5.41, 5.74) is 2.86. The Kier molecular flexibility index (Phi) is 5.12. The lowest BCUT2D eigenvalue weighted by molar-refractivity contribution is -0.0522. The van der Waals surface area contributed by atoms with Gasteiger partial charge >= 0.3 is 0 Å². The van der Waals surface area contributed by atoms with Crippen LogP contribution in [0.3, 0.4) is 0 Å². The van der Waals surface area contributed by atoms with Crippen molar-refractivity contribution in [3.05, 3.63) is 0 Å². The third kappa shape index (κ3) is 3.39.